The summed E-state index contributed by atoms with van der Waals surface area (Å²) < 4.78 is 0. The molecule has 0 aliphatic rings. The van der Waals surface area contributed by atoms with Crippen molar-refractivity contribution in [3.63, 3.8) is 0 Å². The van der Waals surface area contributed by atoms with Gasteiger partial charge >= 0.3 is 11.9 Å². The monoisotopic (exact) mass is 408 g/mol. The molecule has 168 valence electrons. The molecule has 0 aliphatic carbocycles. The summed E-state index contributed by atoms with van der Waals surface area (Å²) >= 11 is 0. The number of rotatable bonds is 20. The van der Waals surface area contributed by atoms with Gasteiger partial charge in [0.05, 0.1) is 0 Å². The maximum absolute atomic E-state index is 10.6. The maximum Gasteiger partial charge on any atom is 0.303 e. The summed E-state index contributed by atoms with van der Waals surface area (Å²) in [6, 6.07) is 0. The maximum atomic E-state index is 10.6. The van der Waals surface area contributed by atoms with E-state index in [0.717, 1.165) is 38.5 Å². The molecule has 0 rings (SSSR count). The summed E-state index contributed by atoms with van der Waals surface area (Å²) in [5.41, 5.74) is 0. The van der Waals surface area contributed by atoms with E-state index >= 15 is 0 Å². The van der Waals surface area contributed by atoms with Crippen LogP contribution >= 0.6 is 0 Å². The molecule has 29 heavy (non-hydrogen) atoms. The molecule has 0 atom stereocenters. The number of aliphatic carboxylic acids is 2. The number of hydrogen-bond acceptors (Lipinski definition) is 2. The van der Waals surface area contributed by atoms with Gasteiger partial charge in [-0.3, -0.25) is 9.59 Å². The third-order valence-corrected chi connectivity index (χ3v) is 5.35. The first-order valence-corrected chi connectivity index (χ1v) is 12.0. The zero-order valence-electron chi connectivity index (χ0n) is 18.7. The normalized spacial score (nSPS) is 10.7. The van der Waals surface area contributed by atoms with Crippen molar-refractivity contribution in [3.8, 4) is 11.8 Å². The van der Waals surface area contributed by atoms with Crippen LogP contribution in [0.4, 0.5) is 0 Å². The van der Waals surface area contributed by atoms with E-state index in [4.69, 9.17) is 10.2 Å². The van der Waals surface area contributed by atoms with Crippen LogP contribution < -0.4 is 0 Å². The molecular formula is C25H44O4. The molecule has 0 aromatic heterocycles. The molecule has 0 heterocycles. The van der Waals surface area contributed by atoms with Gasteiger partial charge in [-0.2, -0.15) is 0 Å². The van der Waals surface area contributed by atoms with Crippen LogP contribution in [0, 0.1) is 17.8 Å². The van der Waals surface area contributed by atoms with Crippen molar-refractivity contribution in [3.05, 3.63) is 0 Å². The minimum Gasteiger partial charge on any atom is -0.481 e. The molecule has 0 bridgehead atoms. The summed E-state index contributed by atoms with van der Waals surface area (Å²) in [7, 11) is 0. The molecule has 0 radical (unpaired) electrons. The van der Waals surface area contributed by atoms with Gasteiger partial charge in [-0.15, -0.1) is 5.92 Å². The highest BCUT2D eigenvalue weighted by Crippen LogP contribution is 2.17. The van der Waals surface area contributed by atoms with E-state index < -0.39 is 11.9 Å². The molecule has 0 aliphatic heterocycles. The van der Waals surface area contributed by atoms with Gasteiger partial charge in [0.1, 0.15) is 0 Å². The minimum atomic E-state index is -0.741. The lowest BCUT2D eigenvalue weighted by molar-refractivity contribution is -0.138. The predicted octanol–water partition coefficient (Wildman–Crippen LogP) is 7.21. The molecule has 0 saturated carbocycles. The third-order valence-electron chi connectivity index (χ3n) is 5.35. The Balaban J connectivity index is 3.89. The first kappa shape index (κ1) is 27.5. The van der Waals surface area contributed by atoms with Crippen molar-refractivity contribution in [2.75, 3.05) is 0 Å². The second-order valence-corrected chi connectivity index (χ2v) is 8.23. The van der Waals surface area contributed by atoms with Crippen molar-refractivity contribution >= 4 is 11.9 Å². The fourth-order valence-electron chi connectivity index (χ4n) is 3.54. The molecule has 0 saturated heterocycles. The summed E-state index contributed by atoms with van der Waals surface area (Å²) in [6.45, 7) is 2.25. The first-order valence-electron chi connectivity index (χ1n) is 12.0. The molecule has 0 aromatic rings. The van der Waals surface area contributed by atoms with Gasteiger partial charge in [-0.05, 0) is 32.1 Å². The van der Waals surface area contributed by atoms with Gasteiger partial charge in [0.2, 0.25) is 0 Å². The quantitative estimate of drug-likeness (QED) is 0.165. The lowest BCUT2D eigenvalue weighted by Gasteiger charge is -2.10. The second kappa shape index (κ2) is 21.2. The van der Waals surface area contributed by atoms with Crippen molar-refractivity contribution in [2.45, 2.75) is 129 Å². The van der Waals surface area contributed by atoms with E-state index in [1.807, 2.05) is 0 Å². The Morgan fingerprint density at radius 2 is 1.10 bits per heavy atom. The SMILES string of the molecule is CCCCCCCCCCCCC#CC(CCCCC(=O)O)CCCCC(=O)O. The Morgan fingerprint density at radius 1 is 0.655 bits per heavy atom. The van der Waals surface area contributed by atoms with Crippen LogP contribution in [0.2, 0.25) is 0 Å². The van der Waals surface area contributed by atoms with Crippen LogP contribution in [0.3, 0.4) is 0 Å². The second-order valence-electron chi connectivity index (χ2n) is 8.23. The van der Waals surface area contributed by atoms with Crippen molar-refractivity contribution in [1.29, 1.82) is 0 Å². The molecule has 4 nitrogen and oxygen atoms in total. The van der Waals surface area contributed by atoms with Crippen molar-refractivity contribution < 1.29 is 19.8 Å². The van der Waals surface area contributed by atoms with Gasteiger partial charge in [0, 0.05) is 25.2 Å². The van der Waals surface area contributed by atoms with Crippen LogP contribution in [-0.2, 0) is 9.59 Å². The fourth-order valence-corrected chi connectivity index (χ4v) is 3.54. The molecular weight excluding hydrogens is 364 g/mol. The Hall–Kier alpha value is -1.50. The predicted molar refractivity (Wildman–Crippen MR) is 120 cm³/mol. The van der Waals surface area contributed by atoms with E-state index in [1.54, 1.807) is 0 Å². The number of carboxylic acid groups (broad SMARTS) is 2. The van der Waals surface area contributed by atoms with Gasteiger partial charge in [0.25, 0.3) is 0 Å². The number of hydrogen-bond donors (Lipinski definition) is 2. The number of unbranched alkanes of at least 4 members (excludes halogenated alkanes) is 12. The smallest absolute Gasteiger partial charge is 0.303 e. The van der Waals surface area contributed by atoms with E-state index in [-0.39, 0.29) is 18.8 Å². The minimum absolute atomic E-state index is 0.220. The van der Waals surface area contributed by atoms with E-state index in [2.05, 4.69) is 18.8 Å². The molecule has 2 N–H and O–H groups in total. The zero-order valence-corrected chi connectivity index (χ0v) is 18.7. The highest BCUT2D eigenvalue weighted by molar-refractivity contribution is 5.66. The van der Waals surface area contributed by atoms with Gasteiger partial charge in [0.15, 0.2) is 0 Å². The highest BCUT2D eigenvalue weighted by atomic mass is 16.4. The van der Waals surface area contributed by atoms with Gasteiger partial charge < -0.3 is 10.2 Å². The lowest BCUT2D eigenvalue weighted by atomic mass is 9.95. The Kier molecular flexibility index (Phi) is 20.1. The summed E-state index contributed by atoms with van der Waals surface area (Å²) in [6.07, 6.45) is 19.6. The van der Waals surface area contributed by atoms with Crippen LogP contribution in [-0.4, -0.2) is 22.2 Å². The van der Waals surface area contributed by atoms with Crippen molar-refractivity contribution in [2.24, 2.45) is 5.92 Å². The largest absolute Gasteiger partial charge is 0.481 e. The first-order chi connectivity index (χ1) is 14.1. The van der Waals surface area contributed by atoms with E-state index in [0.29, 0.717) is 12.8 Å². The Bertz CT molecular complexity index is 439. The standard InChI is InChI=1S/C25H44O4/c1-2-3-4-5-6-7-8-9-10-11-12-13-18-23(19-14-16-21-24(26)27)20-15-17-22-25(28)29/h23H,2-12,14-17,19-22H2,1H3,(H,26,27)(H,28,29). The summed E-state index contributed by atoms with van der Waals surface area (Å²) in [4.78, 5) is 21.3. The van der Waals surface area contributed by atoms with Crippen LogP contribution in [0.1, 0.15) is 129 Å². The van der Waals surface area contributed by atoms with E-state index in [9.17, 15) is 9.59 Å². The zero-order chi connectivity index (χ0) is 21.6. The molecule has 4 heteroatoms. The average molecular weight is 409 g/mol. The van der Waals surface area contributed by atoms with Crippen LogP contribution in [0.25, 0.3) is 0 Å². The third kappa shape index (κ3) is 22.7. The van der Waals surface area contributed by atoms with Crippen molar-refractivity contribution in [1.82, 2.24) is 0 Å². The number of carboxylic acids is 2. The fraction of sp³-hybridized carbons (Fsp3) is 0.840. The highest BCUT2D eigenvalue weighted by Gasteiger charge is 2.07. The molecule has 0 unspecified atom stereocenters. The summed E-state index contributed by atoms with van der Waals surface area (Å²) in [5.74, 6) is 5.51. The Labute approximate surface area is 178 Å². The molecule has 0 amide bonds. The molecule has 0 fully saturated rings. The molecule has 0 aromatic carbocycles. The van der Waals surface area contributed by atoms with E-state index in [1.165, 1.54) is 57.8 Å². The topological polar surface area (TPSA) is 74.6 Å². The van der Waals surface area contributed by atoms with Gasteiger partial charge in [-0.1, -0.05) is 83.5 Å². The number of carbonyl (C=O) groups is 2. The Morgan fingerprint density at radius 3 is 1.55 bits per heavy atom. The molecule has 0 spiro atoms. The van der Waals surface area contributed by atoms with Gasteiger partial charge in [-0.25, -0.2) is 0 Å². The van der Waals surface area contributed by atoms with Crippen LogP contribution in [0.15, 0.2) is 0 Å². The average Bonchev–Trinajstić information content (AvgIpc) is 2.68. The lowest BCUT2D eigenvalue weighted by Crippen LogP contribution is -2.01. The summed E-state index contributed by atoms with van der Waals surface area (Å²) in [5, 5.41) is 17.5. The van der Waals surface area contributed by atoms with Crippen LogP contribution in [0.5, 0.6) is 0 Å².